The summed E-state index contributed by atoms with van der Waals surface area (Å²) < 4.78 is 10.9. The minimum absolute atomic E-state index is 0. The van der Waals surface area contributed by atoms with Crippen LogP contribution in [0.25, 0.3) is 0 Å². The molecule has 0 aromatic heterocycles. The van der Waals surface area contributed by atoms with Crippen molar-refractivity contribution in [1.29, 1.82) is 0 Å². The number of carbonyl (C=O) groups excluding carboxylic acids is 1. The van der Waals surface area contributed by atoms with E-state index < -0.39 is 0 Å². The Morgan fingerprint density at radius 1 is 1.44 bits per heavy atom. The molecule has 1 aromatic rings. The fourth-order valence-electron chi connectivity index (χ4n) is 2.90. The van der Waals surface area contributed by atoms with E-state index in [4.69, 9.17) is 9.47 Å². The van der Waals surface area contributed by atoms with E-state index in [2.05, 4.69) is 22.5 Å². The van der Waals surface area contributed by atoms with Crippen molar-refractivity contribution in [1.82, 2.24) is 15.5 Å². The topological polar surface area (TPSA) is 62.8 Å². The molecule has 0 radical (unpaired) electrons. The van der Waals surface area contributed by atoms with Crippen LogP contribution in [0.2, 0.25) is 0 Å². The van der Waals surface area contributed by atoms with E-state index in [0.29, 0.717) is 24.9 Å². The average Bonchev–Trinajstić information content (AvgIpc) is 2.57. The summed E-state index contributed by atoms with van der Waals surface area (Å²) in [6, 6.07) is 6.07. The highest BCUT2D eigenvalue weighted by Crippen LogP contribution is 2.30. The van der Waals surface area contributed by atoms with Crippen molar-refractivity contribution >= 4 is 18.3 Å². The number of nitrogens with zero attached hydrogens (tertiary/aromatic N) is 1. The summed E-state index contributed by atoms with van der Waals surface area (Å²) in [5.74, 6) is 1.45. The predicted octanol–water partition coefficient (Wildman–Crippen LogP) is 1.99. The van der Waals surface area contributed by atoms with Gasteiger partial charge in [-0.2, -0.15) is 0 Å². The maximum absolute atomic E-state index is 12.3. The number of hydrogen-bond donors (Lipinski definition) is 2. The van der Waals surface area contributed by atoms with Crippen LogP contribution in [0.15, 0.2) is 18.2 Å². The molecule has 7 heteroatoms. The van der Waals surface area contributed by atoms with Crippen molar-refractivity contribution in [2.75, 3.05) is 39.9 Å². The molecule has 1 aliphatic rings. The van der Waals surface area contributed by atoms with Crippen LogP contribution in [0.4, 0.5) is 0 Å². The second kappa shape index (κ2) is 10.5. The van der Waals surface area contributed by atoms with Crippen LogP contribution in [0.3, 0.4) is 0 Å². The van der Waals surface area contributed by atoms with Crippen molar-refractivity contribution in [2.24, 2.45) is 0 Å². The van der Waals surface area contributed by atoms with Crippen LogP contribution in [0.5, 0.6) is 11.5 Å². The minimum Gasteiger partial charge on any atom is -0.493 e. The Kier molecular flexibility index (Phi) is 9.03. The van der Waals surface area contributed by atoms with Crippen molar-refractivity contribution in [3.05, 3.63) is 23.8 Å². The molecule has 1 fully saturated rings. The van der Waals surface area contributed by atoms with E-state index in [9.17, 15) is 4.79 Å². The lowest BCUT2D eigenvalue weighted by Crippen LogP contribution is -2.52. The van der Waals surface area contributed by atoms with Gasteiger partial charge in [0.1, 0.15) is 0 Å². The molecule has 2 atom stereocenters. The van der Waals surface area contributed by atoms with Crippen molar-refractivity contribution < 1.29 is 14.3 Å². The molecule has 0 aliphatic carbocycles. The van der Waals surface area contributed by atoms with Crippen molar-refractivity contribution in [2.45, 2.75) is 32.9 Å². The van der Waals surface area contributed by atoms with Crippen molar-refractivity contribution in [3.63, 3.8) is 0 Å². The summed E-state index contributed by atoms with van der Waals surface area (Å²) in [6.07, 6.45) is 0. The summed E-state index contributed by atoms with van der Waals surface area (Å²) in [7, 11) is 1.62. The fraction of sp³-hybridized carbons (Fsp3) is 0.611. The van der Waals surface area contributed by atoms with Gasteiger partial charge in [-0.25, -0.2) is 0 Å². The summed E-state index contributed by atoms with van der Waals surface area (Å²) in [5.41, 5.74) is 0.997. The highest BCUT2D eigenvalue weighted by molar-refractivity contribution is 5.85. The van der Waals surface area contributed by atoms with Crippen LogP contribution in [0, 0.1) is 0 Å². The molecular formula is C18H30ClN3O3. The lowest BCUT2D eigenvalue weighted by molar-refractivity contribution is -0.123. The number of piperazine rings is 1. The van der Waals surface area contributed by atoms with Crippen LogP contribution in [0.1, 0.15) is 32.4 Å². The number of rotatable bonds is 7. The zero-order chi connectivity index (χ0) is 17.5. The Hall–Kier alpha value is -1.50. The molecule has 0 spiro atoms. The highest BCUT2D eigenvalue weighted by atomic mass is 35.5. The van der Waals surface area contributed by atoms with E-state index in [1.807, 2.05) is 32.0 Å². The predicted molar refractivity (Wildman–Crippen MR) is 102 cm³/mol. The van der Waals surface area contributed by atoms with Gasteiger partial charge in [0.15, 0.2) is 11.5 Å². The SMILES string of the molecule is CCOc1ccc(C(C)NC(=O)CN2CCNC[C@@H]2C)cc1OC.Cl. The molecule has 0 bridgehead atoms. The van der Waals surface area contributed by atoms with Gasteiger partial charge in [-0.15, -0.1) is 12.4 Å². The Morgan fingerprint density at radius 3 is 2.84 bits per heavy atom. The van der Waals surface area contributed by atoms with Gasteiger partial charge >= 0.3 is 0 Å². The zero-order valence-corrected chi connectivity index (χ0v) is 16.3. The molecule has 1 saturated heterocycles. The van der Waals surface area contributed by atoms with Gasteiger partial charge in [-0.3, -0.25) is 9.69 Å². The van der Waals surface area contributed by atoms with Gasteiger partial charge < -0.3 is 20.1 Å². The number of ether oxygens (including phenoxy) is 2. The van der Waals surface area contributed by atoms with Gasteiger partial charge in [0.2, 0.25) is 5.91 Å². The fourth-order valence-corrected chi connectivity index (χ4v) is 2.90. The number of methoxy groups -OCH3 is 1. The highest BCUT2D eigenvalue weighted by Gasteiger charge is 2.21. The number of benzene rings is 1. The molecular weight excluding hydrogens is 342 g/mol. The molecule has 2 rings (SSSR count). The first-order valence-corrected chi connectivity index (χ1v) is 8.60. The van der Waals surface area contributed by atoms with E-state index in [0.717, 1.165) is 30.9 Å². The number of carbonyl (C=O) groups is 1. The van der Waals surface area contributed by atoms with Gasteiger partial charge in [-0.1, -0.05) is 6.07 Å². The zero-order valence-electron chi connectivity index (χ0n) is 15.5. The van der Waals surface area contributed by atoms with Crippen LogP contribution < -0.4 is 20.1 Å². The second-order valence-electron chi connectivity index (χ2n) is 6.16. The molecule has 25 heavy (non-hydrogen) atoms. The monoisotopic (exact) mass is 371 g/mol. The second-order valence-corrected chi connectivity index (χ2v) is 6.16. The van der Waals surface area contributed by atoms with Crippen LogP contribution in [-0.2, 0) is 4.79 Å². The van der Waals surface area contributed by atoms with Crippen LogP contribution >= 0.6 is 12.4 Å². The summed E-state index contributed by atoms with van der Waals surface area (Å²) >= 11 is 0. The third-order valence-electron chi connectivity index (χ3n) is 4.35. The standard InChI is InChI=1S/C18H29N3O3.ClH/c1-5-24-16-7-6-15(10-17(16)23-4)14(3)20-18(22)12-21-9-8-19-11-13(21)2;/h6-7,10,13-14,19H,5,8-9,11-12H2,1-4H3,(H,20,22);1H/t13-,14?;/m0./s1. The first-order valence-electron chi connectivity index (χ1n) is 8.60. The van der Waals surface area contributed by atoms with Gasteiger partial charge in [-0.05, 0) is 38.5 Å². The Balaban J connectivity index is 0.00000312. The molecule has 6 nitrogen and oxygen atoms in total. The molecule has 1 aliphatic heterocycles. The number of nitrogens with one attached hydrogen (secondary N) is 2. The smallest absolute Gasteiger partial charge is 0.234 e. The molecule has 142 valence electrons. The third-order valence-corrected chi connectivity index (χ3v) is 4.35. The molecule has 1 unspecified atom stereocenters. The third kappa shape index (κ3) is 6.06. The van der Waals surface area contributed by atoms with Crippen LogP contribution in [-0.4, -0.2) is 56.7 Å². The molecule has 1 aromatic carbocycles. The first kappa shape index (κ1) is 21.5. The summed E-state index contributed by atoms with van der Waals surface area (Å²) in [6.45, 7) is 9.84. The quantitative estimate of drug-likeness (QED) is 0.767. The Bertz CT molecular complexity index is 556. The maximum Gasteiger partial charge on any atom is 0.234 e. The van der Waals surface area contributed by atoms with E-state index in [1.54, 1.807) is 7.11 Å². The summed E-state index contributed by atoms with van der Waals surface area (Å²) in [5, 5.41) is 6.40. The molecule has 1 heterocycles. The molecule has 0 saturated carbocycles. The van der Waals surface area contributed by atoms with Gasteiger partial charge in [0.05, 0.1) is 26.3 Å². The average molecular weight is 372 g/mol. The lowest BCUT2D eigenvalue weighted by atomic mass is 10.1. The molecule has 1 amide bonds. The Morgan fingerprint density at radius 2 is 2.20 bits per heavy atom. The van der Waals surface area contributed by atoms with Gasteiger partial charge in [0, 0.05) is 25.7 Å². The Labute approximate surface area is 156 Å². The maximum atomic E-state index is 12.3. The number of amides is 1. The van der Waals surface area contributed by atoms with E-state index in [-0.39, 0.29) is 24.4 Å². The number of hydrogen-bond acceptors (Lipinski definition) is 5. The minimum atomic E-state index is -0.0831. The normalized spacial score (nSPS) is 18.8. The van der Waals surface area contributed by atoms with Gasteiger partial charge in [0.25, 0.3) is 0 Å². The van der Waals surface area contributed by atoms with Crippen molar-refractivity contribution in [3.8, 4) is 11.5 Å². The lowest BCUT2D eigenvalue weighted by Gasteiger charge is -2.33. The first-order chi connectivity index (χ1) is 11.5. The largest absolute Gasteiger partial charge is 0.493 e. The van der Waals surface area contributed by atoms with E-state index >= 15 is 0 Å². The number of halogens is 1. The molecule has 2 N–H and O–H groups in total. The summed E-state index contributed by atoms with van der Waals surface area (Å²) in [4.78, 5) is 14.5. The van der Waals surface area contributed by atoms with E-state index in [1.165, 1.54) is 0 Å².